The summed E-state index contributed by atoms with van der Waals surface area (Å²) in [6.07, 6.45) is 6.01. The molecule has 2 heterocycles. The van der Waals surface area contributed by atoms with Gasteiger partial charge in [0.25, 0.3) is 5.56 Å². The summed E-state index contributed by atoms with van der Waals surface area (Å²) in [7, 11) is 0. The minimum Gasteiger partial charge on any atom is -0.336 e. The molecule has 3 rings (SSSR count). The quantitative estimate of drug-likeness (QED) is 0.859. The highest BCUT2D eigenvalue weighted by atomic mass is 16.2. The summed E-state index contributed by atoms with van der Waals surface area (Å²) in [5.41, 5.74) is 2.25. The lowest BCUT2D eigenvalue weighted by atomic mass is 9.91. The minimum atomic E-state index is -0.129. The first-order chi connectivity index (χ1) is 12.0. The van der Waals surface area contributed by atoms with E-state index in [-0.39, 0.29) is 23.7 Å². The molecule has 7 nitrogen and oxygen atoms in total. The van der Waals surface area contributed by atoms with E-state index < -0.39 is 0 Å². The molecule has 0 bridgehead atoms. The van der Waals surface area contributed by atoms with E-state index in [9.17, 15) is 9.59 Å². The Morgan fingerprint density at radius 3 is 2.92 bits per heavy atom. The van der Waals surface area contributed by atoms with Crippen LogP contribution in [0.15, 0.2) is 35.4 Å². The Morgan fingerprint density at radius 2 is 2.20 bits per heavy atom. The zero-order valence-electron chi connectivity index (χ0n) is 14.7. The van der Waals surface area contributed by atoms with Crippen LogP contribution in [0.5, 0.6) is 0 Å². The highest BCUT2D eigenvalue weighted by Gasteiger charge is 2.23. The van der Waals surface area contributed by atoms with Gasteiger partial charge in [-0.25, -0.2) is 4.79 Å². The summed E-state index contributed by atoms with van der Waals surface area (Å²) in [5.74, 6) is 0. The summed E-state index contributed by atoms with van der Waals surface area (Å²) in [6.45, 7) is 5.15. The molecule has 2 N–H and O–H groups in total. The standard InChI is InChI=1S/C18H25N5O2/c1-13(2)20-18(25)21-15-5-6-16-14(12-15)4-7-17(24)23(16)11-10-22-9-3-8-19-22/h3-4,7-9,13,15H,5-6,10-12H2,1-2H3,(H2,20,21,25)/t15-/m1/s1. The molecule has 7 heteroatoms. The topological polar surface area (TPSA) is 81.0 Å². The minimum absolute atomic E-state index is 0.0230. The molecule has 134 valence electrons. The maximum Gasteiger partial charge on any atom is 0.315 e. The van der Waals surface area contributed by atoms with Gasteiger partial charge in [0, 0.05) is 42.8 Å². The molecule has 2 amide bonds. The zero-order valence-corrected chi connectivity index (χ0v) is 14.7. The fraction of sp³-hybridized carbons (Fsp3) is 0.500. The lowest BCUT2D eigenvalue weighted by molar-refractivity contribution is 0.233. The Bertz CT molecular complexity index is 779. The number of carbonyl (C=O) groups excluding carboxylic acids is 1. The van der Waals surface area contributed by atoms with Crippen LogP contribution >= 0.6 is 0 Å². The summed E-state index contributed by atoms with van der Waals surface area (Å²) in [6, 6.07) is 5.48. The molecular formula is C18H25N5O2. The number of rotatable bonds is 5. The number of hydrogen-bond donors (Lipinski definition) is 2. The van der Waals surface area contributed by atoms with E-state index in [1.54, 1.807) is 12.3 Å². The number of carbonyl (C=O) groups is 1. The van der Waals surface area contributed by atoms with E-state index in [0.717, 1.165) is 30.5 Å². The van der Waals surface area contributed by atoms with Gasteiger partial charge in [-0.1, -0.05) is 6.07 Å². The van der Waals surface area contributed by atoms with E-state index in [1.807, 2.05) is 41.4 Å². The molecule has 1 aliphatic carbocycles. The second-order valence-electron chi connectivity index (χ2n) is 6.78. The van der Waals surface area contributed by atoms with E-state index in [0.29, 0.717) is 13.1 Å². The first-order valence-corrected chi connectivity index (χ1v) is 8.79. The van der Waals surface area contributed by atoms with Gasteiger partial charge in [-0.15, -0.1) is 0 Å². The van der Waals surface area contributed by atoms with Crippen molar-refractivity contribution in [2.75, 3.05) is 0 Å². The number of fused-ring (bicyclic) bond motifs is 1. The van der Waals surface area contributed by atoms with Gasteiger partial charge < -0.3 is 15.2 Å². The highest BCUT2D eigenvalue weighted by Crippen LogP contribution is 2.20. The predicted molar refractivity (Wildman–Crippen MR) is 95.5 cm³/mol. The van der Waals surface area contributed by atoms with Crippen LogP contribution in [0.3, 0.4) is 0 Å². The van der Waals surface area contributed by atoms with Crippen LogP contribution < -0.4 is 16.2 Å². The molecule has 1 aliphatic rings. The van der Waals surface area contributed by atoms with Crippen LogP contribution in [-0.2, 0) is 25.9 Å². The third kappa shape index (κ3) is 4.29. The number of nitrogens with one attached hydrogen (secondary N) is 2. The Labute approximate surface area is 147 Å². The van der Waals surface area contributed by atoms with Crippen LogP contribution in [0.1, 0.15) is 31.5 Å². The van der Waals surface area contributed by atoms with Gasteiger partial charge in [0.05, 0.1) is 6.54 Å². The van der Waals surface area contributed by atoms with Crippen LogP contribution in [0.25, 0.3) is 0 Å². The summed E-state index contributed by atoms with van der Waals surface area (Å²) in [4.78, 5) is 24.2. The average Bonchev–Trinajstić information content (AvgIpc) is 3.06. The first-order valence-electron chi connectivity index (χ1n) is 8.79. The van der Waals surface area contributed by atoms with Crippen molar-refractivity contribution >= 4 is 6.03 Å². The highest BCUT2D eigenvalue weighted by molar-refractivity contribution is 5.74. The van der Waals surface area contributed by atoms with Crippen molar-refractivity contribution in [3.8, 4) is 0 Å². The van der Waals surface area contributed by atoms with Crippen molar-refractivity contribution in [1.82, 2.24) is 25.0 Å². The van der Waals surface area contributed by atoms with Crippen molar-refractivity contribution in [2.24, 2.45) is 0 Å². The van der Waals surface area contributed by atoms with Crippen molar-refractivity contribution in [2.45, 2.75) is 58.3 Å². The fourth-order valence-electron chi connectivity index (χ4n) is 3.32. The normalized spacial score (nSPS) is 16.5. The second kappa shape index (κ2) is 7.55. The molecular weight excluding hydrogens is 318 g/mol. The fourth-order valence-corrected chi connectivity index (χ4v) is 3.32. The maximum absolute atomic E-state index is 12.3. The smallest absolute Gasteiger partial charge is 0.315 e. The lowest BCUT2D eigenvalue weighted by Gasteiger charge is -2.28. The number of amides is 2. The predicted octanol–water partition coefficient (Wildman–Crippen LogP) is 1.31. The van der Waals surface area contributed by atoms with Gasteiger partial charge in [0.15, 0.2) is 0 Å². The van der Waals surface area contributed by atoms with Crippen LogP contribution in [0.2, 0.25) is 0 Å². The molecule has 2 aromatic heterocycles. The number of urea groups is 1. The van der Waals surface area contributed by atoms with Crippen LogP contribution in [0.4, 0.5) is 4.79 Å². The van der Waals surface area contributed by atoms with E-state index in [4.69, 9.17) is 0 Å². The lowest BCUT2D eigenvalue weighted by Crippen LogP contribution is -2.47. The van der Waals surface area contributed by atoms with Gasteiger partial charge in [-0.05, 0) is 44.7 Å². The first kappa shape index (κ1) is 17.3. The summed E-state index contributed by atoms with van der Waals surface area (Å²) >= 11 is 0. The molecule has 0 aliphatic heterocycles. The van der Waals surface area contributed by atoms with Gasteiger partial charge >= 0.3 is 6.03 Å². The van der Waals surface area contributed by atoms with E-state index >= 15 is 0 Å². The Hall–Kier alpha value is -2.57. The summed E-state index contributed by atoms with van der Waals surface area (Å²) in [5, 5.41) is 10.1. The van der Waals surface area contributed by atoms with Gasteiger partial charge in [0.1, 0.15) is 0 Å². The molecule has 0 aromatic carbocycles. The van der Waals surface area contributed by atoms with Gasteiger partial charge in [-0.3, -0.25) is 9.48 Å². The SMILES string of the molecule is CC(C)NC(=O)N[C@@H]1CCc2c(ccc(=O)n2CCn2cccn2)C1. The molecule has 0 saturated heterocycles. The summed E-state index contributed by atoms with van der Waals surface area (Å²) < 4.78 is 3.68. The van der Waals surface area contributed by atoms with E-state index in [2.05, 4.69) is 15.7 Å². The number of pyridine rings is 1. The number of nitrogens with zero attached hydrogens (tertiary/aromatic N) is 3. The Kier molecular flexibility index (Phi) is 5.21. The van der Waals surface area contributed by atoms with Crippen molar-refractivity contribution in [1.29, 1.82) is 0 Å². The Morgan fingerprint density at radius 1 is 1.36 bits per heavy atom. The van der Waals surface area contributed by atoms with E-state index in [1.165, 1.54) is 0 Å². The molecule has 0 unspecified atom stereocenters. The molecule has 1 atom stereocenters. The monoisotopic (exact) mass is 343 g/mol. The molecule has 0 spiro atoms. The molecule has 0 saturated carbocycles. The van der Waals surface area contributed by atoms with Gasteiger partial charge in [-0.2, -0.15) is 5.10 Å². The zero-order chi connectivity index (χ0) is 17.8. The molecule has 0 fully saturated rings. The number of aromatic nitrogens is 3. The van der Waals surface area contributed by atoms with Crippen LogP contribution in [-0.4, -0.2) is 32.5 Å². The largest absolute Gasteiger partial charge is 0.336 e. The number of hydrogen-bond acceptors (Lipinski definition) is 3. The van der Waals surface area contributed by atoms with Crippen molar-refractivity contribution in [3.05, 3.63) is 52.2 Å². The van der Waals surface area contributed by atoms with Crippen LogP contribution in [0, 0.1) is 0 Å². The number of aryl methyl sites for hydroxylation is 1. The third-order valence-corrected chi connectivity index (χ3v) is 4.45. The average molecular weight is 343 g/mol. The molecule has 0 radical (unpaired) electrons. The third-order valence-electron chi connectivity index (χ3n) is 4.45. The molecule has 2 aromatic rings. The Balaban J connectivity index is 1.70. The molecule has 25 heavy (non-hydrogen) atoms. The van der Waals surface area contributed by atoms with Crippen molar-refractivity contribution < 1.29 is 4.79 Å². The maximum atomic E-state index is 12.3. The second-order valence-corrected chi connectivity index (χ2v) is 6.78. The van der Waals surface area contributed by atoms with Gasteiger partial charge in [0.2, 0.25) is 0 Å². The van der Waals surface area contributed by atoms with Crippen molar-refractivity contribution in [3.63, 3.8) is 0 Å².